The Morgan fingerprint density at radius 3 is 2.89 bits per heavy atom. The van der Waals surface area contributed by atoms with Gasteiger partial charge in [0.1, 0.15) is 6.54 Å². The first kappa shape index (κ1) is 13.6. The summed E-state index contributed by atoms with van der Waals surface area (Å²) < 4.78 is 6.68. The molecule has 0 aliphatic rings. The zero-order valence-corrected chi connectivity index (χ0v) is 11.5. The number of methoxy groups -OCH3 is 1. The van der Waals surface area contributed by atoms with E-state index in [1.165, 1.54) is 18.1 Å². The number of carbonyl (C=O) groups excluding carboxylic acids is 1. The molecule has 2 rings (SSSR count). The molecule has 0 spiro atoms. The van der Waals surface area contributed by atoms with Gasteiger partial charge in [0, 0.05) is 23.6 Å². The second-order valence-electron chi connectivity index (χ2n) is 4.55. The summed E-state index contributed by atoms with van der Waals surface area (Å²) in [6.45, 7) is 4.22. The lowest BCUT2D eigenvalue weighted by atomic mass is 10.2. The minimum Gasteiger partial charge on any atom is -0.468 e. The lowest BCUT2D eigenvalue weighted by molar-refractivity contribution is -0.141. The molecule has 4 heteroatoms. The molecule has 1 aromatic carbocycles. The molecule has 0 amide bonds. The Balaban J connectivity index is 2.28. The van der Waals surface area contributed by atoms with Gasteiger partial charge in [-0.1, -0.05) is 25.1 Å². The van der Waals surface area contributed by atoms with E-state index in [-0.39, 0.29) is 12.5 Å². The van der Waals surface area contributed by atoms with Crippen LogP contribution in [0.4, 0.5) is 0 Å². The lowest BCUT2D eigenvalue weighted by Crippen LogP contribution is -2.13. The number of aromatic nitrogens is 1. The summed E-state index contributed by atoms with van der Waals surface area (Å²) >= 11 is 0. The van der Waals surface area contributed by atoms with E-state index in [0.29, 0.717) is 0 Å². The van der Waals surface area contributed by atoms with E-state index in [1.807, 2.05) is 29.0 Å². The average Bonchev–Trinajstić information content (AvgIpc) is 2.78. The van der Waals surface area contributed by atoms with Gasteiger partial charge >= 0.3 is 5.97 Å². The maximum Gasteiger partial charge on any atom is 0.325 e. The van der Waals surface area contributed by atoms with Gasteiger partial charge < -0.3 is 14.6 Å². The molecule has 0 aliphatic carbocycles. The fourth-order valence-electron chi connectivity index (χ4n) is 2.20. The highest BCUT2D eigenvalue weighted by molar-refractivity contribution is 5.85. The summed E-state index contributed by atoms with van der Waals surface area (Å²) in [4.78, 5) is 11.4. The third-order valence-electron chi connectivity index (χ3n) is 3.14. The van der Waals surface area contributed by atoms with Crippen molar-refractivity contribution in [2.75, 3.05) is 13.7 Å². The van der Waals surface area contributed by atoms with Crippen molar-refractivity contribution in [3.05, 3.63) is 36.0 Å². The maximum atomic E-state index is 11.4. The standard InChI is InChI=1S/C15H20N2O2/c1-3-8-16-9-12-10-17(11-15(18)19-2)14-7-5-4-6-13(12)14/h4-7,10,16H,3,8-9,11H2,1-2H3. The number of para-hydroxylation sites is 1. The van der Waals surface area contributed by atoms with Crippen LogP contribution in [-0.4, -0.2) is 24.2 Å². The Hall–Kier alpha value is -1.81. The highest BCUT2D eigenvalue weighted by atomic mass is 16.5. The Labute approximate surface area is 113 Å². The van der Waals surface area contributed by atoms with Gasteiger partial charge in [-0.3, -0.25) is 4.79 Å². The van der Waals surface area contributed by atoms with E-state index in [0.717, 1.165) is 25.0 Å². The molecule has 0 atom stereocenters. The van der Waals surface area contributed by atoms with Gasteiger partial charge in [0.15, 0.2) is 0 Å². The van der Waals surface area contributed by atoms with Crippen molar-refractivity contribution in [1.29, 1.82) is 0 Å². The van der Waals surface area contributed by atoms with E-state index in [4.69, 9.17) is 4.74 Å². The molecular weight excluding hydrogens is 240 g/mol. The van der Waals surface area contributed by atoms with Crippen molar-refractivity contribution in [3.63, 3.8) is 0 Å². The van der Waals surface area contributed by atoms with E-state index >= 15 is 0 Å². The first-order valence-corrected chi connectivity index (χ1v) is 6.60. The normalized spacial score (nSPS) is 10.8. The monoisotopic (exact) mass is 260 g/mol. The predicted octanol–water partition coefficient (Wildman–Crippen LogP) is 2.31. The Morgan fingerprint density at radius 2 is 2.16 bits per heavy atom. The van der Waals surface area contributed by atoms with Crippen LogP contribution in [0.2, 0.25) is 0 Å². The van der Waals surface area contributed by atoms with Gasteiger partial charge in [0.2, 0.25) is 0 Å². The quantitative estimate of drug-likeness (QED) is 0.640. The highest BCUT2D eigenvalue weighted by Crippen LogP contribution is 2.21. The summed E-state index contributed by atoms with van der Waals surface area (Å²) in [5.74, 6) is -0.228. The molecule has 0 saturated carbocycles. The molecule has 0 radical (unpaired) electrons. The third kappa shape index (κ3) is 3.15. The molecule has 2 aromatic rings. The van der Waals surface area contributed by atoms with Gasteiger partial charge in [-0.2, -0.15) is 0 Å². The number of hydrogen-bond donors (Lipinski definition) is 1. The number of benzene rings is 1. The summed E-state index contributed by atoms with van der Waals surface area (Å²) in [5, 5.41) is 4.58. The molecule has 0 bridgehead atoms. The minimum absolute atomic E-state index is 0.228. The van der Waals surface area contributed by atoms with Gasteiger partial charge in [0.05, 0.1) is 7.11 Å². The summed E-state index contributed by atoms with van der Waals surface area (Å²) in [5.41, 5.74) is 2.29. The zero-order valence-electron chi connectivity index (χ0n) is 11.5. The van der Waals surface area contributed by atoms with Crippen LogP contribution in [0.15, 0.2) is 30.5 Å². The average molecular weight is 260 g/mol. The zero-order chi connectivity index (χ0) is 13.7. The topological polar surface area (TPSA) is 43.3 Å². The Bertz CT molecular complexity index is 560. The fourth-order valence-corrected chi connectivity index (χ4v) is 2.20. The smallest absolute Gasteiger partial charge is 0.325 e. The first-order chi connectivity index (χ1) is 9.26. The van der Waals surface area contributed by atoms with E-state index in [2.05, 4.69) is 18.3 Å². The Kier molecular flexibility index (Phi) is 4.58. The van der Waals surface area contributed by atoms with Crippen LogP contribution >= 0.6 is 0 Å². The van der Waals surface area contributed by atoms with Crippen molar-refractivity contribution in [2.45, 2.75) is 26.4 Å². The summed E-state index contributed by atoms with van der Waals surface area (Å²) in [6.07, 6.45) is 3.14. The summed E-state index contributed by atoms with van der Waals surface area (Å²) in [7, 11) is 1.41. The number of rotatable bonds is 6. The molecule has 4 nitrogen and oxygen atoms in total. The van der Waals surface area contributed by atoms with Crippen molar-refractivity contribution < 1.29 is 9.53 Å². The molecule has 19 heavy (non-hydrogen) atoms. The second-order valence-corrected chi connectivity index (χ2v) is 4.55. The molecule has 0 fully saturated rings. The number of carbonyl (C=O) groups is 1. The van der Waals surface area contributed by atoms with Crippen LogP contribution in [0.25, 0.3) is 10.9 Å². The van der Waals surface area contributed by atoms with Crippen LogP contribution in [0.5, 0.6) is 0 Å². The number of ether oxygens (including phenoxy) is 1. The fraction of sp³-hybridized carbons (Fsp3) is 0.400. The highest BCUT2D eigenvalue weighted by Gasteiger charge is 2.10. The maximum absolute atomic E-state index is 11.4. The van der Waals surface area contributed by atoms with E-state index in [9.17, 15) is 4.79 Å². The van der Waals surface area contributed by atoms with Crippen LogP contribution in [-0.2, 0) is 22.6 Å². The lowest BCUT2D eigenvalue weighted by Gasteiger charge is -2.02. The van der Waals surface area contributed by atoms with E-state index in [1.54, 1.807) is 0 Å². The number of nitrogens with one attached hydrogen (secondary N) is 1. The molecule has 1 aromatic heterocycles. The summed E-state index contributed by atoms with van der Waals surface area (Å²) in [6, 6.07) is 8.13. The SMILES string of the molecule is CCCNCc1cn(CC(=O)OC)c2ccccc12. The van der Waals surface area contributed by atoms with Gasteiger partial charge in [0.25, 0.3) is 0 Å². The van der Waals surface area contributed by atoms with Crippen molar-refractivity contribution in [1.82, 2.24) is 9.88 Å². The largest absolute Gasteiger partial charge is 0.468 e. The van der Waals surface area contributed by atoms with Gasteiger partial charge in [-0.15, -0.1) is 0 Å². The molecule has 1 heterocycles. The number of esters is 1. The number of hydrogen-bond acceptors (Lipinski definition) is 3. The van der Waals surface area contributed by atoms with Crippen molar-refractivity contribution >= 4 is 16.9 Å². The molecule has 102 valence electrons. The van der Waals surface area contributed by atoms with Crippen LogP contribution in [0.1, 0.15) is 18.9 Å². The van der Waals surface area contributed by atoms with E-state index < -0.39 is 0 Å². The molecule has 1 N–H and O–H groups in total. The van der Waals surface area contributed by atoms with Crippen molar-refractivity contribution in [2.24, 2.45) is 0 Å². The number of fused-ring (bicyclic) bond motifs is 1. The Morgan fingerprint density at radius 1 is 1.37 bits per heavy atom. The van der Waals surface area contributed by atoms with Crippen LogP contribution in [0.3, 0.4) is 0 Å². The third-order valence-corrected chi connectivity index (χ3v) is 3.14. The molecule has 0 unspecified atom stereocenters. The molecule has 0 saturated heterocycles. The van der Waals surface area contributed by atoms with Gasteiger partial charge in [-0.05, 0) is 24.6 Å². The second kappa shape index (κ2) is 6.38. The molecule has 0 aliphatic heterocycles. The number of nitrogens with zero attached hydrogens (tertiary/aromatic N) is 1. The minimum atomic E-state index is -0.228. The van der Waals surface area contributed by atoms with Gasteiger partial charge in [-0.25, -0.2) is 0 Å². The van der Waals surface area contributed by atoms with Crippen LogP contribution < -0.4 is 5.32 Å². The van der Waals surface area contributed by atoms with Crippen molar-refractivity contribution in [3.8, 4) is 0 Å². The first-order valence-electron chi connectivity index (χ1n) is 6.60. The van der Waals surface area contributed by atoms with Crippen LogP contribution in [0, 0.1) is 0 Å². The predicted molar refractivity (Wildman–Crippen MR) is 76.0 cm³/mol. The molecular formula is C15H20N2O2.